The molecule has 1 rings (SSSR count). The van der Waals surface area contributed by atoms with E-state index in [9.17, 15) is 18.9 Å². The van der Waals surface area contributed by atoms with Gasteiger partial charge in [-0.25, -0.2) is 13.8 Å². The molecule has 0 N–H and O–H groups in total. The number of rotatable bonds is 2. The van der Waals surface area contributed by atoms with E-state index in [1.54, 1.807) is 0 Å². The summed E-state index contributed by atoms with van der Waals surface area (Å²) in [6, 6.07) is 0.924. The Kier molecular flexibility index (Phi) is 3.48. The predicted octanol–water partition coefficient (Wildman–Crippen LogP) is 3.45. The molecule has 0 atom stereocenters. The van der Waals surface area contributed by atoms with E-state index in [4.69, 9.17) is 0 Å². The highest BCUT2D eigenvalue weighted by Gasteiger charge is 2.22. The van der Waals surface area contributed by atoms with Crippen LogP contribution < -0.4 is 0 Å². The van der Waals surface area contributed by atoms with Gasteiger partial charge in [0.1, 0.15) is 10.2 Å². The van der Waals surface area contributed by atoms with Gasteiger partial charge in [-0.05, 0) is 37.9 Å². The molecule has 14 heavy (non-hydrogen) atoms. The minimum absolute atomic E-state index is 0.0281. The van der Waals surface area contributed by atoms with Gasteiger partial charge in [0, 0.05) is 0 Å². The summed E-state index contributed by atoms with van der Waals surface area (Å²) < 4.78 is 24.1. The molecule has 1 aromatic heterocycles. The third-order valence-corrected chi connectivity index (χ3v) is 2.49. The van der Waals surface area contributed by atoms with Crippen molar-refractivity contribution >= 4 is 37.5 Å². The molecule has 4 nitrogen and oxygen atoms in total. The molecule has 1 heterocycles. The molecule has 8 heteroatoms. The SMILES string of the molecule is O=[N+]([O-])c1c(Br)cc(C(F)F)nc1Br. The number of hydrogen-bond acceptors (Lipinski definition) is 3. The highest BCUT2D eigenvalue weighted by molar-refractivity contribution is 9.11. The smallest absolute Gasteiger partial charge is 0.258 e. The zero-order chi connectivity index (χ0) is 10.9. The van der Waals surface area contributed by atoms with E-state index in [2.05, 4.69) is 36.8 Å². The molecule has 0 saturated carbocycles. The molecule has 0 unspecified atom stereocenters. The van der Waals surface area contributed by atoms with Gasteiger partial charge < -0.3 is 0 Å². The van der Waals surface area contributed by atoms with Crippen molar-refractivity contribution < 1.29 is 13.7 Å². The first kappa shape index (κ1) is 11.4. The normalized spacial score (nSPS) is 10.6. The summed E-state index contributed by atoms with van der Waals surface area (Å²) in [5.41, 5.74) is -0.885. The van der Waals surface area contributed by atoms with E-state index in [1.165, 1.54) is 0 Å². The Balaban J connectivity index is 3.32. The molecule has 0 aromatic carbocycles. The summed E-state index contributed by atoms with van der Waals surface area (Å²) in [6.07, 6.45) is -2.76. The van der Waals surface area contributed by atoms with E-state index in [1.807, 2.05) is 0 Å². The first-order chi connectivity index (χ1) is 6.43. The maximum Gasteiger partial charge on any atom is 0.316 e. The second-order valence-electron chi connectivity index (χ2n) is 2.23. The van der Waals surface area contributed by atoms with Gasteiger partial charge in [0.25, 0.3) is 6.43 Å². The maximum absolute atomic E-state index is 12.2. The summed E-state index contributed by atoms with van der Waals surface area (Å²) >= 11 is 5.57. The fraction of sp³-hybridized carbons (Fsp3) is 0.167. The van der Waals surface area contributed by atoms with Crippen LogP contribution in [-0.4, -0.2) is 9.91 Å². The quantitative estimate of drug-likeness (QED) is 0.474. The van der Waals surface area contributed by atoms with Crippen molar-refractivity contribution in [2.24, 2.45) is 0 Å². The lowest BCUT2D eigenvalue weighted by Crippen LogP contribution is -1.97. The van der Waals surface area contributed by atoms with Crippen LogP contribution in [0.2, 0.25) is 0 Å². The number of nitro groups is 1. The lowest BCUT2D eigenvalue weighted by Gasteiger charge is -2.02. The molecule has 1 aromatic rings. The minimum Gasteiger partial charge on any atom is -0.258 e. The Morgan fingerprint density at radius 2 is 2.07 bits per heavy atom. The van der Waals surface area contributed by atoms with E-state index in [-0.39, 0.29) is 14.8 Å². The van der Waals surface area contributed by atoms with Crippen molar-refractivity contribution in [3.05, 3.63) is 31.0 Å². The second kappa shape index (κ2) is 4.26. The number of alkyl halides is 2. The average Bonchev–Trinajstić information content (AvgIpc) is 2.01. The highest BCUT2D eigenvalue weighted by atomic mass is 79.9. The van der Waals surface area contributed by atoms with Crippen LogP contribution in [0.15, 0.2) is 15.1 Å². The molecule has 0 saturated heterocycles. The van der Waals surface area contributed by atoms with E-state index >= 15 is 0 Å². The molecule has 0 fully saturated rings. The Bertz CT molecular complexity index is 363. The molecular weight excluding hydrogens is 330 g/mol. The van der Waals surface area contributed by atoms with Crippen molar-refractivity contribution in [3.63, 3.8) is 0 Å². The molecule has 0 spiro atoms. The molecule has 0 bridgehead atoms. The van der Waals surface area contributed by atoms with Gasteiger partial charge in [-0.3, -0.25) is 10.1 Å². The maximum atomic E-state index is 12.2. The Morgan fingerprint density at radius 1 is 1.50 bits per heavy atom. The summed E-state index contributed by atoms with van der Waals surface area (Å²) in [4.78, 5) is 13.1. The number of aromatic nitrogens is 1. The van der Waals surface area contributed by atoms with Crippen LogP contribution >= 0.6 is 31.9 Å². The molecule has 0 amide bonds. The van der Waals surface area contributed by atoms with Crippen molar-refractivity contribution in [2.75, 3.05) is 0 Å². The molecule has 76 valence electrons. The molecule has 0 aliphatic heterocycles. The first-order valence-corrected chi connectivity index (χ1v) is 4.80. The fourth-order valence-electron chi connectivity index (χ4n) is 0.770. The third kappa shape index (κ3) is 2.24. The van der Waals surface area contributed by atoms with E-state index < -0.39 is 17.0 Å². The first-order valence-electron chi connectivity index (χ1n) is 3.22. The number of halogens is 4. The topological polar surface area (TPSA) is 56.0 Å². The summed E-state index contributed by atoms with van der Waals surface area (Å²) in [5, 5.41) is 10.4. The zero-order valence-corrected chi connectivity index (χ0v) is 9.55. The van der Waals surface area contributed by atoms with E-state index in [0.29, 0.717) is 0 Å². The fourth-order valence-corrected chi connectivity index (χ4v) is 2.17. The van der Waals surface area contributed by atoms with Gasteiger partial charge in [0.2, 0.25) is 0 Å². The van der Waals surface area contributed by atoms with Gasteiger partial charge in [0.15, 0.2) is 4.60 Å². The van der Waals surface area contributed by atoms with Crippen molar-refractivity contribution in [1.29, 1.82) is 0 Å². The van der Waals surface area contributed by atoms with Crippen LogP contribution in [0.4, 0.5) is 14.5 Å². The van der Waals surface area contributed by atoms with Crippen LogP contribution in [0.3, 0.4) is 0 Å². The monoisotopic (exact) mass is 330 g/mol. The standard InChI is InChI=1S/C6H2Br2F2N2O2/c7-2-1-3(6(9)10)11-5(8)4(2)12(13)14/h1,6H. The number of pyridine rings is 1. The molecule has 0 aliphatic rings. The van der Waals surface area contributed by atoms with Gasteiger partial charge in [0.05, 0.1) is 4.92 Å². The van der Waals surface area contributed by atoms with Gasteiger partial charge in [-0.2, -0.15) is 0 Å². The van der Waals surface area contributed by atoms with Gasteiger partial charge in [-0.15, -0.1) is 0 Å². The van der Waals surface area contributed by atoms with Gasteiger partial charge in [-0.1, -0.05) is 0 Å². The Hall–Kier alpha value is -0.630. The predicted molar refractivity (Wildman–Crippen MR) is 51.2 cm³/mol. The molecular formula is C6H2Br2F2N2O2. The average molecular weight is 332 g/mol. The summed E-state index contributed by atoms with van der Waals surface area (Å²) in [6.45, 7) is 0. The van der Waals surface area contributed by atoms with Crippen LogP contribution in [0, 0.1) is 10.1 Å². The summed E-state index contributed by atoms with van der Waals surface area (Å²) in [7, 11) is 0. The lowest BCUT2D eigenvalue weighted by atomic mass is 10.3. The van der Waals surface area contributed by atoms with Crippen LogP contribution in [0.25, 0.3) is 0 Å². The van der Waals surface area contributed by atoms with Crippen LogP contribution in [-0.2, 0) is 0 Å². The Morgan fingerprint density at radius 3 is 2.43 bits per heavy atom. The van der Waals surface area contributed by atoms with Crippen LogP contribution in [0.1, 0.15) is 12.1 Å². The highest BCUT2D eigenvalue weighted by Crippen LogP contribution is 2.34. The van der Waals surface area contributed by atoms with Crippen molar-refractivity contribution in [3.8, 4) is 0 Å². The Labute approximate surface area is 93.7 Å². The molecule has 0 aliphatic carbocycles. The number of hydrogen-bond donors (Lipinski definition) is 0. The largest absolute Gasteiger partial charge is 0.316 e. The third-order valence-electron chi connectivity index (χ3n) is 1.33. The van der Waals surface area contributed by atoms with Crippen LogP contribution in [0.5, 0.6) is 0 Å². The number of nitrogens with zero attached hydrogens (tertiary/aromatic N) is 2. The van der Waals surface area contributed by atoms with Crippen molar-refractivity contribution in [2.45, 2.75) is 6.43 Å². The minimum atomic E-state index is -2.76. The zero-order valence-electron chi connectivity index (χ0n) is 6.38. The molecule has 0 radical (unpaired) electrons. The lowest BCUT2D eigenvalue weighted by molar-refractivity contribution is -0.386. The van der Waals surface area contributed by atoms with Gasteiger partial charge >= 0.3 is 5.69 Å². The van der Waals surface area contributed by atoms with Crippen molar-refractivity contribution in [1.82, 2.24) is 4.98 Å². The van der Waals surface area contributed by atoms with E-state index in [0.717, 1.165) is 6.07 Å². The second-order valence-corrected chi connectivity index (χ2v) is 3.83. The summed E-state index contributed by atoms with van der Waals surface area (Å²) in [5.74, 6) is 0.